The van der Waals surface area contributed by atoms with Gasteiger partial charge in [0.1, 0.15) is 5.78 Å². The van der Waals surface area contributed by atoms with Crippen LogP contribution < -0.4 is 0 Å². The van der Waals surface area contributed by atoms with Gasteiger partial charge in [0.15, 0.2) is 0 Å². The smallest absolute Gasteiger partial charge is 0.137 e. The highest BCUT2D eigenvalue weighted by Crippen LogP contribution is 2.25. The van der Waals surface area contributed by atoms with E-state index in [1.165, 1.54) is 64.7 Å². The third-order valence-corrected chi connectivity index (χ3v) is 5.66. The number of hydrogen-bond acceptors (Lipinski definition) is 3. The van der Waals surface area contributed by atoms with Crippen LogP contribution in [-0.2, 0) is 4.79 Å². The third kappa shape index (κ3) is 3.62. The van der Waals surface area contributed by atoms with E-state index in [0.717, 1.165) is 31.8 Å². The van der Waals surface area contributed by atoms with E-state index in [-0.39, 0.29) is 0 Å². The minimum atomic E-state index is 0.343. The molecule has 1 unspecified atom stereocenters. The summed E-state index contributed by atoms with van der Waals surface area (Å²) in [6, 6.07) is 0.872. The zero-order valence-corrected chi connectivity index (χ0v) is 12.9. The molecule has 1 heterocycles. The van der Waals surface area contributed by atoms with E-state index in [1.807, 2.05) is 0 Å². The molecule has 20 heavy (non-hydrogen) atoms. The standard InChI is InChI=1S/C17H30N2O/c20-17-9-3-1-2-6-15(17)14-18-10-12-19(13-11-18)16-7-4-5-8-16/h15-16H,1-14H2. The van der Waals surface area contributed by atoms with Crippen LogP contribution in [0.5, 0.6) is 0 Å². The molecule has 1 atom stereocenters. The Morgan fingerprint density at radius 3 is 2.30 bits per heavy atom. The molecule has 3 aliphatic rings. The first kappa shape index (κ1) is 14.5. The second-order valence-electron chi connectivity index (χ2n) is 7.04. The maximum Gasteiger partial charge on any atom is 0.137 e. The molecule has 3 fully saturated rings. The number of carbonyl (C=O) groups is 1. The molecule has 2 aliphatic carbocycles. The van der Waals surface area contributed by atoms with E-state index in [0.29, 0.717) is 11.7 Å². The maximum absolute atomic E-state index is 12.1. The van der Waals surface area contributed by atoms with Gasteiger partial charge in [-0.25, -0.2) is 0 Å². The van der Waals surface area contributed by atoms with Crippen LogP contribution >= 0.6 is 0 Å². The average molecular weight is 278 g/mol. The van der Waals surface area contributed by atoms with Crippen molar-refractivity contribution in [1.29, 1.82) is 0 Å². The Morgan fingerprint density at radius 2 is 1.55 bits per heavy atom. The first-order valence-corrected chi connectivity index (χ1v) is 8.82. The summed E-state index contributed by atoms with van der Waals surface area (Å²) < 4.78 is 0. The van der Waals surface area contributed by atoms with Crippen LogP contribution in [0.3, 0.4) is 0 Å². The summed E-state index contributed by atoms with van der Waals surface area (Å²) in [6.45, 7) is 5.86. The van der Waals surface area contributed by atoms with Gasteiger partial charge in [0.05, 0.1) is 0 Å². The zero-order valence-electron chi connectivity index (χ0n) is 12.9. The van der Waals surface area contributed by atoms with Crippen LogP contribution in [0.2, 0.25) is 0 Å². The lowest BCUT2D eigenvalue weighted by Gasteiger charge is -2.39. The van der Waals surface area contributed by atoms with Gasteiger partial charge in [-0.2, -0.15) is 0 Å². The number of nitrogens with zero attached hydrogens (tertiary/aromatic N) is 2. The lowest BCUT2D eigenvalue weighted by atomic mass is 9.98. The normalized spacial score (nSPS) is 31.6. The second kappa shape index (κ2) is 7.04. The molecule has 0 radical (unpaired) electrons. The lowest BCUT2D eigenvalue weighted by molar-refractivity contribution is -0.123. The second-order valence-corrected chi connectivity index (χ2v) is 7.04. The summed E-state index contributed by atoms with van der Waals surface area (Å²) in [7, 11) is 0. The molecular formula is C17H30N2O. The van der Waals surface area contributed by atoms with Crippen molar-refractivity contribution in [3.05, 3.63) is 0 Å². The number of hydrogen-bond donors (Lipinski definition) is 0. The van der Waals surface area contributed by atoms with E-state index in [2.05, 4.69) is 9.80 Å². The van der Waals surface area contributed by atoms with E-state index < -0.39 is 0 Å². The molecule has 2 saturated carbocycles. The van der Waals surface area contributed by atoms with Gasteiger partial charge in [-0.1, -0.05) is 25.7 Å². The molecule has 114 valence electrons. The largest absolute Gasteiger partial charge is 0.300 e. The zero-order chi connectivity index (χ0) is 13.8. The predicted molar refractivity (Wildman–Crippen MR) is 81.9 cm³/mol. The highest BCUT2D eigenvalue weighted by atomic mass is 16.1. The molecule has 0 amide bonds. The molecule has 0 spiro atoms. The Bertz CT molecular complexity index is 317. The van der Waals surface area contributed by atoms with Crippen molar-refractivity contribution in [3.63, 3.8) is 0 Å². The van der Waals surface area contributed by atoms with Gasteiger partial charge in [0.2, 0.25) is 0 Å². The highest BCUT2D eigenvalue weighted by Gasteiger charge is 2.28. The van der Waals surface area contributed by atoms with Crippen molar-refractivity contribution in [2.45, 2.75) is 63.8 Å². The molecule has 1 aliphatic heterocycles. The minimum Gasteiger partial charge on any atom is -0.300 e. The highest BCUT2D eigenvalue weighted by molar-refractivity contribution is 5.81. The molecular weight excluding hydrogens is 248 g/mol. The summed E-state index contributed by atoms with van der Waals surface area (Å²) in [5.74, 6) is 0.885. The summed E-state index contributed by atoms with van der Waals surface area (Å²) >= 11 is 0. The summed E-state index contributed by atoms with van der Waals surface area (Å²) in [5, 5.41) is 0. The fraction of sp³-hybridized carbons (Fsp3) is 0.941. The average Bonchev–Trinajstić information content (AvgIpc) is 2.93. The molecule has 0 aromatic carbocycles. The van der Waals surface area contributed by atoms with Crippen LogP contribution in [0, 0.1) is 5.92 Å². The number of carbonyl (C=O) groups excluding carboxylic acids is 1. The van der Waals surface area contributed by atoms with Crippen LogP contribution in [0.1, 0.15) is 57.8 Å². The molecule has 1 saturated heterocycles. The number of Topliss-reactive ketones (excluding diaryl/α,β-unsaturated/α-hetero) is 1. The summed E-state index contributed by atoms with van der Waals surface area (Å²) in [5.41, 5.74) is 0. The van der Waals surface area contributed by atoms with Crippen molar-refractivity contribution in [2.24, 2.45) is 5.92 Å². The van der Waals surface area contributed by atoms with Crippen molar-refractivity contribution in [2.75, 3.05) is 32.7 Å². The Labute approximate surface area is 123 Å². The van der Waals surface area contributed by atoms with Gasteiger partial charge < -0.3 is 4.90 Å². The fourth-order valence-corrected chi connectivity index (χ4v) is 4.32. The Kier molecular flexibility index (Phi) is 5.11. The number of ketones is 1. The van der Waals surface area contributed by atoms with Crippen LogP contribution in [0.15, 0.2) is 0 Å². The van der Waals surface area contributed by atoms with E-state index in [9.17, 15) is 4.79 Å². The lowest BCUT2D eigenvalue weighted by Crippen LogP contribution is -2.51. The van der Waals surface area contributed by atoms with Gasteiger partial charge in [0, 0.05) is 51.1 Å². The topological polar surface area (TPSA) is 23.6 Å². The van der Waals surface area contributed by atoms with Gasteiger partial charge >= 0.3 is 0 Å². The SMILES string of the molecule is O=C1CCCCCC1CN1CCN(C2CCCC2)CC1. The van der Waals surface area contributed by atoms with Gasteiger partial charge in [-0.05, 0) is 25.7 Å². The van der Waals surface area contributed by atoms with E-state index in [4.69, 9.17) is 0 Å². The van der Waals surface area contributed by atoms with Crippen LogP contribution in [0.25, 0.3) is 0 Å². The van der Waals surface area contributed by atoms with Crippen molar-refractivity contribution < 1.29 is 4.79 Å². The predicted octanol–water partition coefficient (Wildman–Crippen LogP) is 2.70. The van der Waals surface area contributed by atoms with Gasteiger partial charge in [0.25, 0.3) is 0 Å². The van der Waals surface area contributed by atoms with Crippen LogP contribution in [-0.4, -0.2) is 54.3 Å². The monoisotopic (exact) mass is 278 g/mol. The van der Waals surface area contributed by atoms with Crippen molar-refractivity contribution >= 4 is 5.78 Å². The first-order valence-electron chi connectivity index (χ1n) is 8.82. The molecule has 0 N–H and O–H groups in total. The molecule has 0 aromatic rings. The summed E-state index contributed by atoms with van der Waals surface area (Å²) in [4.78, 5) is 17.4. The number of rotatable bonds is 3. The minimum absolute atomic E-state index is 0.343. The molecule has 3 nitrogen and oxygen atoms in total. The van der Waals surface area contributed by atoms with Gasteiger partial charge in [-0.3, -0.25) is 9.69 Å². The van der Waals surface area contributed by atoms with E-state index >= 15 is 0 Å². The first-order chi connectivity index (χ1) is 9.83. The fourth-order valence-electron chi connectivity index (χ4n) is 4.32. The van der Waals surface area contributed by atoms with Crippen LogP contribution in [0.4, 0.5) is 0 Å². The molecule has 3 heteroatoms. The Morgan fingerprint density at radius 1 is 0.850 bits per heavy atom. The third-order valence-electron chi connectivity index (χ3n) is 5.66. The Balaban J connectivity index is 1.44. The van der Waals surface area contributed by atoms with E-state index in [1.54, 1.807) is 0 Å². The Hall–Kier alpha value is -0.410. The van der Waals surface area contributed by atoms with Crippen molar-refractivity contribution in [1.82, 2.24) is 9.80 Å². The number of piperazine rings is 1. The van der Waals surface area contributed by atoms with Gasteiger partial charge in [-0.15, -0.1) is 0 Å². The summed E-state index contributed by atoms with van der Waals surface area (Å²) in [6.07, 6.45) is 11.3. The quantitative estimate of drug-likeness (QED) is 0.742. The van der Waals surface area contributed by atoms with Crippen molar-refractivity contribution in [3.8, 4) is 0 Å². The maximum atomic E-state index is 12.1. The molecule has 0 aromatic heterocycles. The molecule has 0 bridgehead atoms. The molecule has 3 rings (SSSR count).